The summed E-state index contributed by atoms with van der Waals surface area (Å²) in [6.45, 7) is 2.97. The number of ketones is 1. The van der Waals surface area contributed by atoms with Gasteiger partial charge >= 0.3 is 0 Å². The summed E-state index contributed by atoms with van der Waals surface area (Å²) in [5.41, 5.74) is 0.455. The molecule has 0 saturated heterocycles. The van der Waals surface area contributed by atoms with E-state index in [9.17, 15) is 4.79 Å². The Hall–Kier alpha value is -1.35. The van der Waals surface area contributed by atoms with Gasteiger partial charge in [-0.25, -0.2) is 0 Å². The summed E-state index contributed by atoms with van der Waals surface area (Å²) in [6, 6.07) is 7.88. The van der Waals surface area contributed by atoms with Crippen LogP contribution in [0.3, 0.4) is 0 Å². The van der Waals surface area contributed by atoms with Crippen LogP contribution in [0.2, 0.25) is 0 Å². The maximum atomic E-state index is 12.6. The SMILES string of the molecule is CCCN[C@@]1(c2ccccc2OC)CCCCC1=O. The number of hydrogen-bond donors (Lipinski definition) is 1. The van der Waals surface area contributed by atoms with Gasteiger partial charge in [0, 0.05) is 12.0 Å². The molecule has 104 valence electrons. The Morgan fingerprint density at radius 3 is 2.79 bits per heavy atom. The van der Waals surface area contributed by atoms with E-state index in [1.165, 1.54) is 0 Å². The Morgan fingerprint density at radius 1 is 1.32 bits per heavy atom. The van der Waals surface area contributed by atoms with Crippen molar-refractivity contribution < 1.29 is 9.53 Å². The third-order valence-corrected chi connectivity index (χ3v) is 3.93. The van der Waals surface area contributed by atoms with Gasteiger partial charge in [0.25, 0.3) is 0 Å². The molecule has 0 bridgehead atoms. The van der Waals surface area contributed by atoms with E-state index in [-0.39, 0.29) is 0 Å². The highest BCUT2D eigenvalue weighted by Gasteiger charge is 2.42. The summed E-state index contributed by atoms with van der Waals surface area (Å²) in [6.07, 6.45) is 4.63. The normalized spacial score (nSPS) is 23.4. The van der Waals surface area contributed by atoms with Gasteiger partial charge in [0.1, 0.15) is 11.3 Å². The number of carbonyl (C=O) groups is 1. The van der Waals surface area contributed by atoms with E-state index in [0.29, 0.717) is 12.2 Å². The molecule has 1 N–H and O–H groups in total. The van der Waals surface area contributed by atoms with Crippen LogP contribution in [0.25, 0.3) is 0 Å². The minimum atomic E-state index is -0.541. The van der Waals surface area contributed by atoms with Crippen molar-refractivity contribution in [1.82, 2.24) is 5.32 Å². The third-order valence-electron chi connectivity index (χ3n) is 3.93. The molecule has 2 rings (SSSR count). The summed E-state index contributed by atoms with van der Waals surface area (Å²) < 4.78 is 5.46. The fourth-order valence-electron chi connectivity index (χ4n) is 2.93. The van der Waals surface area contributed by atoms with Crippen LogP contribution >= 0.6 is 0 Å². The molecule has 3 nitrogen and oxygen atoms in total. The average molecular weight is 261 g/mol. The molecular weight excluding hydrogens is 238 g/mol. The van der Waals surface area contributed by atoms with Gasteiger partial charge < -0.3 is 10.1 Å². The summed E-state index contributed by atoms with van der Waals surface area (Å²) >= 11 is 0. The Kier molecular flexibility index (Phi) is 4.59. The van der Waals surface area contributed by atoms with E-state index in [1.54, 1.807) is 7.11 Å². The first-order chi connectivity index (χ1) is 9.24. The van der Waals surface area contributed by atoms with Crippen LogP contribution in [0, 0.1) is 0 Å². The zero-order valence-electron chi connectivity index (χ0n) is 11.9. The smallest absolute Gasteiger partial charge is 0.157 e. The Bertz CT molecular complexity index is 444. The Balaban J connectivity index is 2.44. The number of para-hydroxylation sites is 1. The lowest BCUT2D eigenvalue weighted by Crippen LogP contribution is -2.51. The molecule has 3 heteroatoms. The predicted octanol–water partition coefficient (Wildman–Crippen LogP) is 3.03. The predicted molar refractivity (Wildman–Crippen MR) is 76.4 cm³/mol. The van der Waals surface area contributed by atoms with Gasteiger partial charge in [0.05, 0.1) is 7.11 Å². The fourth-order valence-corrected chi connectivity index (χ4v) is 2.93. The number of ether oxygens (including phenoxy) is 1. The number of methoxy groups -OCH3 is 1. The number of nitrogens with one attached hydrogen (secondary N) is 1. The first-order valence-electron chi connectivity index (χ1n) is 7.16. The molecule has 1 aliphatic carbocycles. The minimum Gasteiger partial charge on any atom is -0.496 e. The summed E-state index contributed by atoms with van der Waals surface area (Å²) in [5.74, 6) is 1.11. The molecule has 1 fully saturated rings. The second-order valence-electron chi connectivity index (χ2n) is 5.16. The highest BCUT2D eigenvalue weighted by molar-refractivity contribution is 5.91. The van der Waals surface area contributed by atoms with E-state index in [2.05, 4.69) is 12.2 Å². The van der Waals surface area contributed by atoms with E-state index in [4.69, 9.17) is 4.74 Å². The molecule has 1 atom stereocenters. The van der Waals surface area contributed by atoms with Crippen molar-refractivity contribution in [3.05, 3.63) is 29.8 Å². The highest BCUT2D eigenvalue weighted by atomic mass is 16.5. The molecule has 0 spiro atoms. The van der Waals surface area contributed by atoms with E-state index < -0.39 is 5.54 Å². The third kappa shape index (κ3) is 2.66. The van der Waals surface area contributed by atoms with Gasteiger partial charge in [0.15, 0.2) is 5.78 Å². The lowest BCUT2D eigenvalue weighted by atomic mass is 9.75. The number of carbonyl (C=O) groups excluding carboxylic acids is 1. The van der Waals surface area contributed by atoms with Crippen LogP contribution in [0.5, 0.6) is 5.75 Å². The minimum absolute atomic E-state index is 0.303. The molecule has 1 saturated carbocycles. The van der Waals surface area contributed by atoms with Crippen LogP contribution in [0.4, 0.5) is 0 Å². The van der Waals surface area contributed by atoms with Crippen LogP contribution < -0.4 is 10.1 Å². The van der Waals surface area contributed by atoms with Gasteiger partial charge in [-0.1, -0.05) is 31.5 Å². The molecule has 0 aromatic heterocycles. The standard InChI is InChI=1S/C16H23NO2/c1-3-12-17-16(11-7-6-10-15(16)18)13-8-4-5-9-14(13)19-2/h4-5,8-9,17H,3,6-7,10-12H2,1-2H3/t16-/m1/s1. The van der Waals surface area contributed by atoms with Crippen LogP contribution in [-0.2, 0) is 10.3 Å². The number of hydrogen-bond acceptors (Lipinski definition) is 3. The van der Waals surface area contributed by atoms with Crippen molar-refractivity contribution in [2.24, 2.45) is 0 Å². The van der Waals surface area contributed by atoms with Gasteiger partial charge in [-0.05, 0) is 31.9 Å². The van der Waals surface area contributed by atoms with Gasteiger partial charge in [-0.3, -0.25) is 4.79 Å². The van der Waals surface area contributed by atoms with Gasteiger partial charge in [-0.15, -0.1) is 0 Å². The zero-order valence-corrected chi connectivity index (χ0v) is 11.9. The highest BCUT2D eigenvalue weighted by Crippen LogP contribution is 2.39. The number of Topliss-reactive ketones (excluding diaryl/α,β-unsaturated/α-hetero) is 1. The van der Waals surface area contributed by atoms with Crippen molar-refractivity contribution in [2.75, 3.05) is 13.7 Å². The van der Waals surface area contributed by atoms with Gasteiger partial charge in [-0.2, -0.15) is 0 Å². The number of rotatable bonds is 5. The van der Waals surface area contributed by atoms with E-state index >= 15 is 0 Å². The summed E-state index contributed by atoms with van der Waals surface area (Å²) in [7, 11) is 1.67. The largest absolute Gasteiger partial charge is 0.496 e. The molecule has 1 aromatic rings. The van der Waals surface area contributed by atoms with Crippen LogP contribution in [0.15, 0.2) is 24.3 Å². The zero-order chi connectivity index (χ0) is 13.7. The second kappa shape index (κ2) is 6.20. The lowest BCUT2D eigenvalue weighted by molar-refractivity contribution is -0.128. The topological polar surface area (TPSA) is 38.3 Å². The van der Waals surface area contributed by atoms with Crippen molar-refractivity contribution in [3.8, 4) is 5.75 Å². The molecule has 0 heterocycles. The molecule has 1 aromatic carbocycles. The van der Waals surface area contributed by atoms with Gasteiger partial charge in [0.2, 0.25) is 0 Å². The number of benzene rings is 1. The maximum Gasteiger partial charge on any atom is 0.157 e. The first kappa shape index (κ1) is 14.1. The Labute approximate surface area is 115 Å². The molecular formula is C16H23NO2. The average Bonchev–Trinajstić information content (AvgIpc) is 2.47. The van der Waals surface area contributed by atoms with Crippen LogP contribution in [0.1, 0.15) is 44.6 Å². The monoisotopic (exact) mass is 261 g/mol. The second-order valence-corrected chi connectivity index (χ2v) is 5.16. The maximum absolute atomic E-state index is 12.6. The first-order valence-corrected chi connectivity index (χ1v) is 7.16. The van der Waals surface area contributed by atoms with Crippen molar-refractivity contribution >= 4 is 5.78 Å². The summed E-state index contributed by atoms with van der Waals surface area (Å²) in [4.78, 5) is 12.6. The van der Waals surface area contributed by atoms with Crippen molar-refractivity contribution in [2.45, 2.75) is 44.6 Å². The molecule has 0 amide bonds. The molecule has 0 unspecified atom stereocenters. The molecule has 0 aliphatic heterocycles. The lowest BCUT2D eigenvalue weighted by Gasteiger charge is -2.38. The quantitative estimate of drug-likeness (QED) is 0.885. The summed E-state index contributed by atoms with van der Waals surface area (Å²) in [5, 5.41) is 3.50. The van der Waals surface area contributed by atoms with Crippen molar-refractivity contribution in [1.29, 1.82) is 0 Å². The molecule has 1 aliphatic rings. The molecule has 0 radical (unpaired) electrons. The fraction of sp³-hybridized carbons (Fsp3) is 0.562. The van der Waals surface area contributed by atoms with E-state index in [1.807, 2.05) is 24.3 Å². The van der Waals surface area contributed by atoms with Crippen molar-refractivity contribution in [3.63, 3.8) is 0 Å². The van der Waals surface area contributed by atoms with Crippen LogP contribution in [-0.4, -0.2) is 19.4 Å². The van der Waals surface area contributed by atoms with E-state index in [0.717, 1.165) is 43.5 Å². The Morgan fingerprint density at radius 2 is 2.11 bits per heavy atom. The molecule has 19 heavy (non-hydrogen) atoms.